The molecule has 0 aliphatic rings. The molecule has 0 saturated carbocycles. The van der Waals surface area contributed by atoms with Crippen LogP contribution in [0.4, 0.5) is 0 Å². The Morgan fingerprint density at radius 1 is 1.07 bits per heavy atom. The van der Waals surface area contributed by atoms with E-state index in [9.17, 15) is 14.4 Å². The van der Waals surface area contributed by atoms with Crippen LogP contribution in [0.25, 0.3) is 10.9 Å². The number of hydroxylamine groups is 1. The van der Waals surface area contributed by atoms with Gasteiger partial charge in [-0.25, -0.2) is 4.79 Å². The fraction of sp³-hybridized carbons (Fsp3) is 0.400. The summed E-state index contributed by atoms with van der Waals surface area (Å²) in [5.41, 5.74) is 1.92. The first kappa shape index (κ1) is 20.4. The van der Waals surface area contributed by atoms with E-state index in [1.165, 1.54) is 0 Å². The van der Waals surface area contributed by atoms with Gasteiger partial charge in [0, 0.05) is 24.4 Å². The Morgan fingerprint density at radius 3 is 2.48 bits per heavy atom. The average molecular weight is 372 g/mol. The van der Waals surface area contributed by atoms with Gasteiger partial charge in [-0.05, 0) is 25.0 Å². The second kappa shape index (κ2) is 9.12. The lowest BCUT2D eigenvalue weighted by molar-refractivity contribution is -0.179. The molecular formula is C20H24N2O5. The molecule has 0 radical (unpaired) electrons. The van der Waals surface area contributed by atoms with Crippen molar-refractivity contribution in [3.05, 3.63) is 42.1 Å². The number of esters is 1. The summed E-state index contributed by atoms with van der Waals surface area (Å²) in [6.07, 6.45) is 2.01. The number of benzene rings is 1. The highest BCUT2D eigenvalue weighted by Crippen LogP contribution is 2.33. The van der Waals surface area contributed by atoms with Crippen molar-refractivity contribution in [1.82, 2.24) is 10.5 Å². The van der Waals surface area contributed by atoms with Gasteiger partial charge in [-0.2, -0.15) is 5.48 Å². The molecule has 2 aromatic rings. The van der Waals surface area contributed by atoms with Crippen molar-refractivity contribution in [1.29, 1.82) is 0 Å². The molecule has 1 amide bonds. The van der Waals surface area contributed by atoms with E-state index < -0.39 is 23.3 Å². The molecule has 2 rings (SSSR count). The lowest BCUT2D eigenvalue weighted by Gasteiger charge is -2.28. The van der Waals surface area contributed by atoms with Crippen LogP contribution in [0.15, 0.2) is 36.5 Å². The molecule has 7 heteroatoms. The number of carbonyl (C=O) groups is 3. The normalized spacial score (nSPS) is 12.9. The van der Waals surface area contributed by atoms with Gasteiger partial charge in [0.25, 0.3) is 5.91 Å². The van der Waals surface area contributed by atoms with E-state index in [2.05, 4.69) is 10.5 Å². The van der Waals surface area contributed by atoms with Crippen molar-refractivity contribution in [3.8, 4) is 0 Å². The minimum Gasteiger partial charge on any atom is -0.465 e. The van der Waals surface area contributed by atoms with E-state index in [1.54, 1.807) is 27.0 Å². The lowest BCUT2D eigenvalue weighted by Crippen LogP contribution is -2.46. The number of aromatic nitrogens is 1. The van der Waals surface area contributed by atoms with Crippen molar-refractivity contribution in [2.24, 2.45) is 5.41 Å². The maximum Gasteiger partial charge on any atom is 0.349 e. The zero-order chi connectivity index (χ0) is 19.9. The van der Waals surface area contributed by atoms with Gasteiger partial charge in [-0.1, -0.05) is 38.1 Å². The second-order valence-electron chi connectivity index (χ2n) is 6.09. The number of hydrogen-bond donors (Lipinski definition) is 1. The number of pyridine rings is 1. The zero-order valence-electron chi connectivity index (χ0n) is 15.8. The molecule has 1 unspecified atom stereocenters. The van der Waals surface area contributed by atoms with Gasteiger partial charge in [0.2, 0.25) is 0 Å². The Kier molecular flexibility index (Phi) is 6.87. The average Bonchev–Trinajstić information content (AvgIpc) is 2.70. The van der Waals surface area contributed by atoms with E-state index in [-0.39, 0.29) is 25.9 Å². The number of nitrogens with zero attached hydrogens (tertiary/aromatic N) is 1. The van der Waals surface area contributed by atoms with Crippen LogP contribution in [-0.2, 0) is 30.4 Å². The molecule has 1 atom stereocenters. The van der Waals surface area contributed by atoms with Gasteiger partial charge in [0.05, 0.1) is 12.1 Å². The summed E-state index contributed by atoms with van der Waals surface area (Å²) < 4.78 is 5.16. The van der Waals surface area contributed by atoms with Gasteiger partial charge in [-0.15, -0.1) is 0 Å². The maximum atomic E-state index is 12.8. The van der Waals surface area contributed by atoms with Crippen LogP contribution in [0, 0.1) is 5.41 Å². The number of para-hydroxylation sites is 1. The monoisotopic (exact) mass is 372 g/mol. The Bertz CT molecular complexity index is 831. The molecular weight excluding hydrogens is 348 g/mol. The Labute approximate surface area is 158 Å². The van der Waals surface area contributed by atoms with Crippen molar-refractivity contribution in [2.45, 2.75) is 40.0 Å². The molecule has 144 valence electrons. The Balaban J connectivity index is 2.43. The molecule has 0 saturated heterocycles. The van der Waals surface area contributed by atoms with Crippen LogP contribution in [0.5, 0.6) is 0 Å². The van der Waals surface area contributed by atoms with E-state index in [1.807, 2.05) is 30.3 Å². The van der Waals surface area contributed by atoms with Crippen LogP contribution < -0.4 is 5.48 Å². The number of hydrogen-bond acceptors (Lipinski definition) is 6. The SMILES string of the molecule is CCOC(=O)C(CC)(Cc1cccc2cccnc12)C(=O)ONC(=O)CC. The molecule has 0 aliphatic carbocycles. The number of ether oxygens (including phenoxy) is 1. The summed E-state index contributed by atoms with van der Waals surface area (Å²) in [6.45, 7) is 5.13. The topological polar surface area (TPSA) is 94.6 Å². The first-order chi connectivity index (χ1) is 13.0. The molecule has 0 fully saturated rings. The first-order valence-corrected chi connectivity index (χ1v) is 8.98. The third-order valence-corrected chi connectivity index (χ3v) is 4.45. The highest BCUT2D eigenvalue weighted by Gasteiger charge is 2.48. The number of fused-ring (bicyclic) bond motifs is 1. The minimum atomic E-state index is -1.58. The van der Waals surface area contributed by atoms with E-state index in [0.717, 1.165) is 10.9 Å². The molecule has 0 aliphatic heterocycles. The lowest BCUT2D eigenvalue weighted by atomic mass is 9.78. The predicted octanol–water partition coefficient (Wildman–Crippen LogP) is 2.72. The number of nitrogens with one attached hydrogen (secondary N) is 1. The van der Waals surface area contributed by atoms with Gasteiger partial charge in [-0.3, -0.25) is 14.6 Å². The van der Waals surface area contributed by atoms with E-state index in [4.69, 9.17) is 9.57 Å². The largest absolute Gasteiger partial charge is 0.465 e. The predicted molar refractivity (Wildman–Crippen MR) is 99.3 cm³/mol. The molecule has 0 bridgehead atoms. The number of rotatable bonds is 7. The van der Waals surface area contributed by atoms with Gasteiger partial charge >= 0.3 is 11.9 Å². The highest BCUT2D eigenvalue weighted by atomic mass is 16.7. The molecule has 1 aromatic heterocycles. The van der Waals surface area contributed by atoms with Crippen LogP contribution >= 0.6 is 0 Å². The van der Waals surface area contributed by atoms with Crippen LogP contribution in [-0.4, -0.2) is 29.4 Å². The quantitative estimate of drug-likeness (QED) is 0.456. The summed E-state index contributed by atoms with van der Waals surface area (Å²) in [5.74, 6) is -1.99. The van der Waals surface area contributed by atoms with E-state index in [0.29, 0.717) is 5.52 Å². The summed E-state index contributed by atoms with van der Waals surface area (Å²) in [6, 6.07) is 9.29. The summed E-state index contributed by atoms with van der Waals surface area (Å²) in [4.78, 5) is 46.3. The minimum absolute atomic E-state index is 0.0531. The van der Waals surface area contributed by atoms with Gasteiger partial charge < -0.3 is 9.57 Å². The Hall–Kier alpha value is -2.96. The van der Waals surface area contributed by atoms with Crippen molar-refractivity contribution < 1.29 is 24.0 Å². The summed E-state index contributed by atoms with van der Waals surface area (Å²) in [5, 5.41) is 0.900. The molecule has 1 heterocycles. The van der Waals surface area contributed by atoms with Crippen molar-refractivity contribution >= 4 is 28.7 Å². The fourth-order valence-electron chi connectivity index (χ4n) is 2.82. The Morgan fingerprint density at radius 2 is 1.81 bits per heavy atom. The molecule has 1 N–H and O–H groups in total. The zero-order valence-corrected chi connectivity index (χ0v) is 15.8. The standard InChI is InChI=1S/C20H24N2O5/c1-4-16(23)22-27-19(25)20(5-2,18(24)26-6-3)13-15-10-7-9-14-11-8-12-21-17(14)15/h7-12H,4-6,13H2,1-3H3,(H,22,23). The second-order valence-corrected chi connectivity index (χ2v) is 6.09. The fourth-order valence-corrected chi connectivity index (χ4v) is 2.82. The van der Waals surface area contributed by atoms with Crippen LogP contribution in [0.3, 0.4) is 0 Å². The van der Waals surface area contributed by atoms with Crippen LogP contribution in [0.1, 0.15) is 39.2 Å². The van der Waals surface area contributed by atoms with Gasteiger partial charge in [0.15, 0.2) is 5.41 Å². The number of amides is 1. The number of carbonyl (C=O) groups excluding carboxylic acids is 3. The highest BCUT2D eigenvalue weighted by molar-refractivity contribution is 6.01. The molecule has 7 nitrogen and oxygen atoms in total. The first-order valence-electron chi connectivity index (χ1n) is 8.98. The van der Waals surface area contributed by atoms with Crippen LogP contribution in [0.2, 0.25) is 0 Å². The summed E-state index contributed by atoms with van der Waals surface area (Å²) >= 11 is 0. The van der Waals surface area contributed by atoms with E-state index >= 15 is 0 Å². The third kappa shape index (κ3) is 4.42. The molecule has 27 heavy (non-hydrogen) atoms. The smallest absolute Gasteiger partial charge is 0.349 e. The third-order valence-electron chi connectivity index (χ3n) is 4.45. The molecule has 0 spiro atoms. The van der Waals surface area contributed by atoms with Crippen molar-refractivity contribution in [3.63, 3.8) is 0 Å². The maximum absolute atomic E-state index is 12.8. The summed E-state index contributed by atoms with van der Waals surface area (Å²) in [7, 11) is 0. The van der Waals surface area contributed by atoms with Crippen molar-refractivity contribution in [2.75, 3.05) is 6.61 Å². The van der Waals surface area contributed by atoms with Gasteiger partial charge in [0.1, 0.15) is 0 Å². The molecule has 1 aromatic carbocycles.